The van der Waals surface area contributed by atoms with Gasteiger partial charge in [-0.1, -0.05) is 42.5 Å². The van der Waals surface area contributed by atoms with Crippen LogP contribution in [0.15, 0.2) is 59.5 Å². The van der Waals surface area contributed by atoms with E-state index in [0.29, 0.717) is 25.9 Å². The number of nitrogens with zero attached hydrogens (tertiary/aromatic N) is 1. The third-order valence-electron chi connectivity index (χ3n) is 4.85. The maximum absolute atomic E-state index is 12.8. The molecule has 5 nitrogen and oxygen atoms in total. The lowest BCUT2D eigenvalue weighted by Gasteiger charge is -2.31. The summed E-state index contributed by atoms with van der Waals surface area (Å²) in [5, 5.41) is 2.96. The minimum atomic E-state index is -3.55. The van der Waals surface area contributed by atoms with Crippen molar-refractivity contribution >= 4 is 15.9 Å². The molecule has 1 aliphatic rings. The summed E-state index contributed by atoms with van der Waals surface area (Å²) in [6.07, 6.45) is 1.40. The van der Waals surface area contributed by atoms with Crippen molar-refractivity contribution in [1.29, 1.82) is 0 Å². The summed E-state index contributed by atoms with van der Waals surface area (Å²) in [4.78, 5) is 12.8. The van der Waals surface area contributed by atoms with Gasteiger partial charge in [0.25, 0.3) is 0 Å². The lowest BCUT2D eigenvalue weighted by atomic mass is 9.98. The van der Waals surface area contributed by atoms with Gasteiger partial charge >= 0.3 is 0 Å². The molecule has 0 saturated carbocycles. The first-order valence-corrected chi connectivity index (χ1v) is 10.3. The largest absolute Gasteiger partial charge is 0.352 e. The molecule has 138 valence electrons. The molecule has 26 heavy (non-hydrogen) atoms. The molecule has 1 N–H and O–H groups in total. The maximum atomic E-state index is 12.8. The molecule has 1 fully saturated rings. The molecule has 1 amide bonds. The summed E-state index contributed by atoms with van der Waals surface area (Å²) in [5.74, 6) is -0.396. The van der Waals surface area contributed by atoms with Gasteiger partial charge in [0.15, 0.2) is 0 Å². The number of amides is 1. The number of piperidine rings is 1. The van der Waals surface area contributed by atoms with Crippen LogP contribution in [-0.4, -0.2) is 31.7 Å². The second-order valence-electron chi connectivity index (χ2n) is 6.66. The molecule has 1 heterocycles. The number of carbonyl (C=O) groups excluding carboxylic acids is 1. The highest BCUT2D eigenvalue weighted by Crippen LogP contribution is 2.24. The number of nitrogens with one attached hydrogen (secondary N) is 1. The molecule has 3 rings (SSSR count). The van der Waals surface area contributed by atoms with Gasteiger partial charge in [-0.05, 0) is 43.0 Å². The zero-order valence-corrected chi connectivity index (χ0v) is 15.7. The molecule has 1 saturated heterocycles. The lowest BCUT2D eigenvalue weighted by molar-refractivity contribution is -0.126. The average molecular weight is 372 g/mol. The van der Waals surface area contributed by atoms with Gasteiger partial charge in [-0.25, -0.2) is 8.42 Å². The number of hydrogen-bond donors (Lipinski definition) is 1. The van der Waals surface area contributed by atoms with Crippen LogP contribution in [0.1, 0.15) is 24.0 Å². The molecule has 0 aliphatic carbocycles. The second kappa shape index (κ2) is 8.01. The van der Waals surface area contributed by atoms with Crippen LogP contribution >= 0.6 is 0 Å². The molecule has 0 radical (unpaired) electrons. The summed E-state index contributed by atoms with van der Waals surface area (Å²) < 4.78 is 27.0. The van der Waals surface area contributed by atoms with E-state index >= 15 is 0 Å². The van der Waals surface area contributed by atoms with Crippen LogP contribution in [0.5, 0.6) is 0 Å². The van der Waals surface area contributed by atoms with Gasteiger partial charge in [-0.15, -0.1) is 0 Å². The second-order valence-corrected chi connectivity index (χ2v) is 8.60. The van der Waals surface area contributed by atoms with Gasteiger partial charge in [-0.2, -0.15) is 4.31 Å². The van der Waals surface area contributed by atoms with Crippen molar-refractivity contribution in [2.24, 2.45) is 5.92 Å². The molecule has 2 aromatic rings. The SMILES string of the molecule is Cc1ccccc1CNC(=O)[C@H]1CCCN(S(=O)(=O)c2ccccc2)C1. The van der Waals surface area contributed by atoms with Gasteiger partial charge in [0.05, 0.1) is 10.8 Å². The number of benzene rings is 2. The van der Waals surface area contributed by atoms with E-state index in [9.17, 15) is 13.2 Å². The van der Waals surface area contributed by atoms with Crippen LogP contribution in [0.25, 0.3) is 0 Å². The summed E-state index contributed by atoms with van der Waals surface area (Å²) in [5.41, 5.74) is 2.20. The van der Waals surface area contributed by atoms with Gasteiger partial charge in [0.2, 0.25) is 15.9 Å². The van der Waals surface area contributed by atoms with Crippen molar-refractivity contribution in [2.75, 3.05) is 13.1 Å². The van der Waals surface area contributed by atoms with Crippen LogP contribution in [0.2, 0.25) is 0 Å². The average Bonchev–Trinajstić information content (AvgIpc) is 2.68. The van der Waals surface area contributed by atoms with E-state index < -0.39 is 10.0 Å². The smallest absolute Gasteiger partial charge is 0.243 e. The molecule has 0 unspecified atom stereocenters. The zero-order chi connectivity index (χ0) is 18.6. The number of carbonyl (C=O) groups is 1. The Bertz CT molecular complexity index is 866. The summed E-state index contributed by atoms with van der Waals surface area (Å²) in [7, 11) is -3.55. The summed E-state index contributed by atoms with van der Waals surface area (Å²) in [6, 6.07) is 16.3. The Balaban J connectivity index is 1.65. The molecular weight excluding hydrogens is 348 g/mol. The van der Waals surface area contributed by atoms with Crippen LogP contribution in [0, 0.1) is 12.8 Å². The highest BCUT2D eigenvalue weighted by atomic mass is 32.2. The first kappa shape index (κ1) is 18.6. The maximum Gasteiger partial charge on any atom is 0.243 e. The molecule has 1 aliphatic heterocycles. The van der Waals surface area contributed by atoms with Gasteiger partial charge in [0.1, 0.15) is 0 Å². The number of sulfonamides is 1. The number of aryl methyl sites for hydroxylation is 1. The Labute approximate surface area is 155 Å². The minimum absolute atomic E-state index is 0.0822. The fourth-order valence-electron chi connectivity index (χ4n) is 3.25. The number of rotatable bonds is 5. The van der Waals surface area contributed by atoms with E-state index in [1.54, 1.807) is 30.3 Å². The zero-order valence-electron chi connectivity index (χ0n) is 14.9. The standard InChI is InChI=1S/C20H24N2O3S/c1-16-8-5-6-9-17(16)14-21-20(23)18-10-7-13-22(15-18)26(24,25)19-11-3-2-4-12-19/h2-6,8-9,11-12,18H,7,10,13-15H2,1H3,(H,21,23)/t18-/m0/s1. The van der Waals surface area contributed by atoms with Crippen molar-refractivity contribution in [3.05, 3.63) is 65.7 Å². The van der Waals surface area contributed by atoms with E-state index in [0.717, 1.165) is 11.1 Å². The van der Waals surface area contributed by atoms with Crippen molar-refractivity contribution in [1.82, 2.24) is 9.62 Å². The Hall–Kier alpha value is -2.18. The molecule has 0 spiro atoms. The van der Waals surface area contributed by atoms with Gasteiger partial charge in [-0.3, -0.25) is 4.79 Å². The molecule has 1 atom stereocenters. The van der Waals surface area contributed by atoms with E-state index in [1.807, 2.05) is 31.2 Å². The van der Waals surface area contributed by atoms with Crippen molar-refractivity contribution in [2.45, 2.75) is 31.2 Å². The fraction of sp³-hybridized carbons (Fsp3) is 0.350. The summed E-state index contributed by atoms with van der Waals surface area (Å²) >= 11 is 0. The lowest BCUT2D eigenvalue weighted by Crippen LogP contribution is -2.45. The van der Waals surface area contributed by atoms with Crippen molar-refractivity contribution in [3.8, 4) is 0 Å². The Morgan fingerprint density at radius 2 is 1.81 bits per heavy atom. The van der Waals surface area contributed by atoms with E-state index in [4.69, 9.17) is 0 Å². The molecular formula is C20H24N2O3S. The fourth-order valence-corrected chi connectivity index (χ4v) is 4.80. The topological polar surface area (TPSA) is 66.5 Å². The van der Waals surface area contributed by atoms with E-state index in [-0.39, 0.29) is 23.3 Å². The normalized spacial score (nSPS) is 18.4. The molecule has 6 heteroatoms. The molecule has 0 bridgehead atoms. The Morgan fingerprint density at radius 1 is 1.12 bits per heavy atom. The monoisotopic (exact) mass is 372 g/mol. The Morgan fingerprint density at radius 3 is 2.54 bits per heavy atom. The molecule has 0 aromatic heterocycles. The third kappa shape index (κ3) is 4.14. The van der Waals surface area contributed by atoms with E-state index in [1.165, 1.54) is 4.31 Å². The first-order chi connectivity index (χ1) is 12.5. The van der Waals surface area contributed by atoms with Crippen LogP contribution in [-0.2, 0) is 21.4 Å². The Kier molecular flexibility index (Phi) is 5.74. The van der Waals surface area contributed by atoms with Gasteiger partial charge < -0.3 is 5.32 Å². The quantitative estimate of drug-likeness (QED) is 0.878. The molecule has 2 aromatic carbocycles. The predicted octanol–water partition coefficient (Wildman–Crippen LogP) is 2.71. The van der Waals surface area contributed by atoms with Gasteiger partial charge in [0, 0.05) is 19.6 Å². The van der Waals surface area contributed by atoms with E-state index in [2.05, 4.69) is 5.32 Å². The predicted molar refractivity (Wildman–Crippen MR) is 101 cm³/mol. The van der Waals surface area contributed by atoms with Crippen LogP contribution in [0.3, 0.4) is 0 Å². The highest BCUT2D eigenvalue weighted by molar-refractivity contribution is 7.89. The minimum Gasteiger partial charge on any atom is -0.352 e. The third-order valence-corrected chi connectivity index (χ3v) is 6.73. The van der Waals surface area contributed by atoms with Crippen molar-refractivity contribution in [3.63, 3.8) is 0 Å². The van der Waals surface area contributed by atoms with Crippen LogP contribution in [0.4, 0.5) is 0 Å². The number of hydrogen-bond acceptors (Lipinski definition) is 3. The summed E-state index contributed by atoms with van der Waals surface area (Å²) in [6.45, 7) is 3.17. The highest BCUT2D eigenvalue weighted by Gasteiger charge is 2.33. The van der Waals surface area contributed by atoms with Crippen molar-refractivity contribution < 1.29 is 13.2 Å². The first-order valence-electron chi connectivity index (χ1n) is 8.86. The van der Waals surface area contributed by atoms with Crippen LogP contribution < -0.4 is 5.32 Å².